The molecule has 0 fully saturated rings. The molecule has 4 N–H and O–H groups in total. The summed E-state index contributed by atoms with van der Waals surface area (Å²) in [4.78, 5) is 39.5. The molecular formula is C36H42N8O8P2. The molecule has 18 heteroatoms. The number of nitrogens with zero attached hydrogens (tertiary/aromatic N) is 6. The van der Waals surface area contributed by atoms with Crippen molar-refractivity contribution >= 4 is 59.9 Å². The van der Waals surface area contributed by atoms with E-state index in [1.165, 1.54) is 0 Å². The molecule has 0 saturated heterocycles. The molecule has 4 heterocycles. The Morgan fingerprint density at radius 2 is 1.04 bits per heavy atom. The normalized spacial score (nSPS) is 11.8. The van der Waals surface area contributed by atoms with Crippen molar-refractivity contribution in [3.05, 3.63) is 108 Å². The third-order valence-electron chi connectivity index (χ3n) is 7.86. The van der Waals surface area contributed by atoms with Gasteiger partial charge in [-0.2, -0.15) is 0 Å². The van der Waals surface area contributed by atoms with Gasteiger partial charge in [0.15, 0.2) is 11.3 Å². The first-order valence-corrected chi connectivity index (χ1v) is 20.2. The molecule has 0 aliphatic rings. The van der Waals surface area contributed by atoms with Crippen LogP contribution in [0.5, 0.6) is 0 Å². The van der Waals surface area contributed by atoms with Crippen LogP contribution in [0.4, 0.5) is 0 Å². The second-order valence-electron chi connectivity index (χ2n) is 11.6. The van der Waals surface area contributed by atoms with E-state index in [1.807, 2.05) is 33.4 Å². The van der Waals surface area contributed by atoms with Crippen molar-refractivity contribution in [2.24, 2.45) is 11.5 Å². The molecule has 0 spiro atoms. The predicted molar refractivity (Wildman–Crippen MR) is 204 cm³/mol. The van der Waals surface area contributed by atoms with Gasteiger partial charge in [0.1, 0.15) is 16.9 Å². The number of hydrogen-bond acceptors (Lipinski definition) is 12. The van der Waals surface area contributed by atoms with Crippen molar-refractivity contribution in [1.29, 1.82) is 0 Å². The molecular weight excluding hydrogens is 734 g/mol. The van der Waals surface area contributed by atoms with Gasteiger partial charge in [0.2, 0.25) is 0 Å². The maximum Gasteiger partial charge on any atom is 0.361 e. The minimum absolute atomic E-state index is 0.180. The second-order valence-corrected chi connectivity index (χ2v) is 15.6. The van der Waals surface area contributed by atoms with Gasteiger partial charge in [-0.3, -0.25) is 18.7 Å². The molecule has 0 saturated carbocycles. The van der Waals surface area contributed by atoms with Crippen molar-refractivity contribution < 1.29 is 36.8 Å². The van der Waals surface area contributed by atoms with Crippen LogP contribution in [0.15, 0.2) is 85.5 Å². The first kappa shape index (κ1) is 40.1. The Kier molecular flexibility index (Phi) is 13.2. The number of pyridine rings is 2. The molecule has 2 aromatic carbocycles. The van der Waals surface area contributed by atoms with Crippen LogP contribution in [0.3, 0.4) is 0 Å². The topological polar surface area (TPSA) is 219 Å². The quantitative estimate of drug-likeness (QED) is 0.125. The standard InChI is InChI=1S/2C18H21N4O4P/c1-3-25-27(24,26-4-2)14-7-5-13(6-8-14)11-22-12-20-18-16(22)10-9-15(21-18)17(19)23;1-3-25-27(24,26-4-2)14-7-5-13(6-8-14)11-22-12-20-16-10-9-15(17(19)23)21-18(16)22/h2*5-10,12H,3-4,11H2,1-2H3,(H2,19,23). The van der Waals surface area contributed by atoms with Crippen molar-refractivity contribution in [1.82, 2.24) is 29.1 Å². The Balaban J connectivity index is 0.000000208. The highest BCUT2D eigenvalue weighted by Crippen LogP contribution is 2.47. The summed E-state index contributed by atoms with van der Waals surface area (Å²) in [5, 5.41) is 1.04. The molecule has 6 aromatic rings. The van der Waals surface area contributed by atoms with Gasteiger partial charge < -0.3 is 38.7 Å². The average molecular weight is 777 g/mol. The van der Waals surface area contributed by atoms with Crippen LogP contribution in [0, 0.1) is 0 Å². The number of imidazole rings is 2. The smallest absolute Gasteiger partial charge is 0.361 e. The Morgan fingerprint density at radius 3 is 1.52 bits per heavy atom. The number of rotatable bonds is 16. The molecule has 0 aliphatic heterocycles. The largest absolute Gasteiger partial charge is 0.364 e. The monoisotopic (exact) mass is 776 g/mol. The molecule has 0 radical (unpaired) electrons. The van der Waals surface area contributed by atoms with E-state index in [0.717, 1.165) is 16.6 Å². The van der Waals surface area contributed by atoms with Gasteiger partial charge in [0, 0.05) is 6.54 Å². The minimum atomic E-state index is -3.30. The van der Waals surface area contributed by atoms with Crippen molar-refractivity contribution in [3.63, 3.8) is 0 Å². The van der Waals surface area contributed by atoms with Gasteiger partial charge >= 0.3 is 15.2 Å². The summed E-state index contributed by atoms with van der Waals surface area (Å²) in [6.07, 6.45) is 3.31. The van der Waals surface area contributed by atoms with E-state index in [2.05, 4.69) is 19.9 Å². The fraction of sp³-hybridized carbons (Fsp3) is 0.278. The van der Waals surface area contributed by atoms with Crippen molar-refractivity contribution in [2.75, 3.05) is 26.4 Å². The zero-order valence-electron chi connectivity index (χ0n) is 30.3. The van der Waals surface area contributed by atoms with Crippen LogP contribution in [0.1, 0.15) is 59.8 Å². The molecule has 16 nitrogen and oxygen atoms in total. The molecule has 284 valence electrons. The van der Waals surface area contributed by atoms with E-state index in [4.69, 9.17) is 29.6 Å². The fourth-order valence-corrected chi connectivity index (χ4v) is 8.55. The summed E-state index contributed by atoms with van der Waals surface area (Å²) >= 11 is 0. The van der Waals surface area contributed by atoms with Crippen LogP contribution in [-0.2, 0) is 40.3 Å². The highest BCUT2D eigenvalue weighted by molar-refractivity contribution is 7.62. The van der Waals surface area contributed by atoms with Crippen LogP contribution in [0.2, 0.25) is 0 Å². The van der Waals surface area contributed by atoms with Gasteiger partial charge in [0.25, 0.3) is 11.8 Å². The molecule has 54 heavy (non-hydrogen) atoms. The highest BCUT2D eigenvalue weighted by atomic mass is 31.2. The predicted octanol–water partition coefficient (Wildman–Crippen LogP) is 4.94. The number of carbonyl (C=O) groups is 2. The SMILES string of the molecule is CCOP(=O)(OCC)c1ccc(Cn2cnc3ccc(C(N)=O)nc32)cc1.CCOP(=O)(OCC)c1ccc(Cn2cnc3nc(C(N)=O)ccc32)cc1. The summed E-state index contributed by atoms with van der Waals surface area (Å²) in [5.41, 5.74) is 15.3. The number of fused-ring (bicyclic) bond motifs is 2. The lowest BCUT2D eigenvalue weighted by atomic mass is 10.2. The Labute approximate surface area is 311 Å². The van der Waals surface area contributed by atoms with E-state index in [-0.39, 0.29) is 11.4 Å². The van der Waals surface area contributed by atoms with Gasteiger partial charge in [0.05, 0.1) is 61.8 Å². The van der Waals surface area contributed by atoms with Gasteiger partial charge in [-0.15, -0.1) is 0 Å². The Bertz CT molecular complexity index is 2310. The average Bonchev–Trinajstić information content (AvgIpc) is 3.75. The summed E-state index contributed by atoms with van der Waals surface area (Å²) < 4.78 is 50.8. The maximum absolute atomic E-state index is 12.8. The summed E-state index contributed by atoms with van der Waals surface area (Å²) in [5.74, 6) is -1.17. The first-order chi connectivity index (χ1) is 25.9. The number of nitrogens with two attached hydrogens (primary N) is 2. The third kappa shape index (κ3) is 9.34. The lowest BCUT2D eigenvalue weighted by Gasteiger charge is -2.17. The molecule has 2 amide bonds. The van der Waals surface area contributed by atoms with Gasteiger partial charge in [-0.1, -0.05) is 24.3 Å². The van der Waals surface area contributed by atoms with Crippen LogP contribution in [0.25, 0.3) is 22.3 Å². The maximum atomic E-state index is 12.8. The summed E-state index contributed by atoms with van der Waals surface area (Å²) in [7, 11) is -6.59. The third-order valence-corrected chi connectivity index (χ3v) is 12.1. The van der Waals surface area contributed by atoms with E-state index < -0.39 is 27.0 Å². The molecule has 4 aromatic heterocycles. The van der Waals surface area contributed by atoms with E-state index >= 15 is 0 Å². The zero-order valence-corrected chi connectivity index (χ0v) is 32.1. The zero-order chi connectivity index (χ0) is 38.9. The van der Waals surface area contributed by atoms with Gasteiger partial charge in [-0.25, -0.2) is 19.9 Å². The number of primary amides is 2. The van der Waals surface area contributed by atoms with E-state index in [0.29, 0.717) is 66.9 Å². The van der Waals surface area contributed by atoms with Crippen LogP contribution >= 0.6 is 15.2 Å². The lowest BCUT2D eigenvalue weighted by molar-refractivity contribution is 0.0987. The number of hydrogen-bond donors (Lipinski definition) is 2. The van der Waals surface area contributed by atoms with Crippen molar-refractivity contribution in [3.8, 4) is 0 Å². The van der Waals surface area contributed by atoms with Gasteiger partial charge in [-0.05, 0) is 87.4 Å². The second kappa shape index (κ2) is 17.8. The lowest BCUT2D eigenvalue weighted by Crippen LogP contribution is -2.13. The molecule has 0 aliphatic carbocycles. The number of aromatic nitrogens is 6. The fourth-order valence-electron chi connectivity index (χ4n) is 5.42. The number of amides is 2. The van der Waals surface area contributed by atoms with E-state index in [1.54, 1.807) is 88.9 Å². The highest BCUT2D eigenvalue weighted by Gasteiger charge is 2.27. The molecule has 0 bridgehead atoms. The van der Waals surface area contributed by atoms with E-state index in [9.17, 15) is 18.7 Å². The summed E-state index contributed by atoms with van der Waals surface area (Å²) in [6, 6.07) is 21.0. The Morgan fingerprint density at radius 1 is 0.593 bits per heavy atom. The Hall–Kier alpha value is -5.08. The molecule has 0 atom stereocenters. The minimum Gasteiger partial charge on any atom is -0.364 e. The number of benzene rings is 2. The van der Waals surface area contributed by atoms with Crippen LogP contribution in [-0.4, -0.2) is 67.3 Å². The molecule has 0 unspecified atom stereocenters. The van der Waals surface area contributed by atoms with Crippen molar-refractivity contribution in [2.45, 2.75) is 40.8 Å². The molecule has 6 rings (SSSR count). The van der Waals surface area contributed by atoms with Crippen LogP contribution < -0.4 is 22.1 Å². The number of carbonyl (C=O) groups excluding carboxylic acids is 2. The summed E-state index contributed by atoms with van der Waals surface area (Å²) in [6.45, 7) is 9.35. The first-order valence-electron chi connectivity index (χ1n) is 17.1.